The first-order valence-corrected chi connectivity index (χ1v) is 8.21. The van der Waals surface area contributed by atoms with Crippen molar-refractivity contribution in [2.75, 3.05) is 5.01 Å². The molecule has 0 bridgehead atoms. The van der Waals surface area contributed by atoms with Crippen molar-refractivity contribution < 1.29 is 0 Å². The van der Waals surface area contributed by atoms with Gasteiger partial charge < -0.3 is 0 Å². The highest BCUT2D eigenvalue weighted by atomic mass is 15.5. The van der Waals surface area contributed by atoms with Gasteiger partial charge in [0.15, 0.2) is 0 Å². The van der Waals surface area contributed by atoms with E-state index in [1.54, 1.807) is 0 Å². The highest BCUT2D eigenvalue weighted by Gasteiger charge is 2.30. The molecule has 0 radical (unpaired) electrons. The van der Waals surface area contributed by atoms with Crippen molar-refractivity contribution in [3.8, 4) is 0 Å². The predicted molar refractivity (Wildman–Crippen MR) is 98.2 cm³/mol. The van der Waals surface area contributed by atoms with Crippen LogP contribution in [0.25, 0.3) is 0 Å². The monoisotopic (exact) mass is 313 g/mol. The Morgan fingerprint density at radius 1 is 0.875 bits per heavy atom. The number of hydrogen-bond acceptors (Lipinski definition) is 3. The fourth-order valence-electron chi connectivity index (χ4n) is 3.07. The van der Waals surface area contributed by atoms with Gasteiger partial charge in [-0.05, 0) is 36.8 Å². The molecule has 0 amide bonds. The average molecular weight is 313 g/mol. The Kier molecular flexibility index (Phi) is 3.83. The standard InChI is InChI=1S/C21H19N3/c1-16-10-12-18(13-11-16)24-21(17-7-3-2-4-8-17)15-20(23-24)19-9-5-6-14-22-19/h2-14,21H,15H2,1H3. The number of nitrogens with zero attached hydrogens (tertiary/aromatic N) is 3. The second kappa shape index (κ2) is 6.28. The SMILES string of the molecule is Cc1ccc(N2N=C(c3ccccn3)CC2c2ccccc2)cc1. The smallest absolute Gasteiger partial charge is 0.0890 e. The molecule has 1 aliphatic rings. The number of hydrogen-bond donors (Lipinski definition) is 0. The molecular formula is C21H19N3. The van der Waals surface area contributed by atoms with Crippen LogP contribution in [0.4, 0.5) is 5.69 Å². The quantitative estimate of drug-likeness (QED) is 0.698. The number of anilines is 1. The molecule has 1 aliphatic heterocycles. The summed E-state index contributed by atoms with van der Waals surface area (Å²) in [5, 5.41) is 7.03. The molecular weight excluding hydrogens is 294 g/mol. The molecule has 24 heavy (non-hydrogen) atoms. The van der Waals surface area contributed by atoms with Crippen LogP contribution in [0.5, 0.6) is 0 Å². The van der Waals surface area contributed by atoms with Crippen molar-refractivity contribution in [3.63, 3.8) is 0 Å². The lowest BCUT2D eigenvalue weighted by Crippen LogP contribution is -2.18. The zero-order chi connectivity index (χ0) is 16.4. The Bertz CT molecular complexity index is 839. The van der Waals surface area contributed by atoms with E-state index in [1.807, 2.05) is 24.4 Å². The van der Waals surface area contributed by atoms with Crippen molar-refractivity contribution in [3.05, 3.63) is 95.8 Å². The number of rotatable bonds is 3. The number of pyridine rings is 1. The van der Waals surface area contributed by atoms with E-state index in [2.05, 4.69) is 71.5 Å². The predicted octanol–water partition coefficient (Wildman–Crippen LogP) is 4.75. The topological polar surface area (TPSA) is 28.5 Å². The highest BCUT2D eigenvalue weighted by molar-refractivity contribution is 6.01. The van der Waals surface area contributed by atoms with E-state index in [4.69, 9.17) is 5.10 Å². The molecule has 1 atom stereocenters. The van der Waals surface area contributed by atoms with Crippen molar-refractivity contribution in [2.24, 2.45) is 5.10 Å². The fraction of sp³-hybridized carbons (Fsp3) is 0.143. The summed E-state index contributed by atoms with van der Waals surface area (Å²) in [4.78, 5) is 4.47. The molecule has 118 valence electrons. The molecule has 2 aromatic carbocycles. The second-order valence-electron chi connectivity index (χ2n) is 6.07. The first kappa shape index (κ1) is 14.6. The van der Waals surface area contributed by atoms with E-state index in [0.717, 1.165) is 23.5 Å². The van der Waals surface area contributed by atoms with Crippen LogP contribution in [0.1, 0.15) is 29.3 Å². The van der Waals surface area contributed by atoms with Crippen molar-refractivity contribution in [1.29, 1.82) is 0 Å². The van der Waals surface area contributed by atoms with E-state index >= 15 is 0 Å². The zero-order valence-electron chi connectivity index (χ0n) is 13.6. The summed E-state index contributed by atoms with van der Waals surface area (Å²) in [5.41, 5.74) is 5.62. The molecule has 3 nitrogen and oxygen atoms in total. The van der Waals surface area contributed by atoms with E-state index in [1.165, 1.54) is 11.1 Å². The maximum absolute atomic E-state index is 4.90. The van der Waals surface area contributed by atoms with E-state index < -0.39 is 0 Å². The van der Waals surface area contributed by atoms with Gasteiger partial charge in [-0.2, -0.15) is 5.10 Å². The lowest BCUT2D eigenvalue weighted by atomic mass is 10.00. The lowest BCUT2D eigenvalue weighted by molar-refractivity contribution is 0.709. The summed E-state index contributed by atoms with van der Waals surface area (Å²) < 4.78 is 0. The third-order valence-electron chi connectivity index (χ3n) is 4.35. The van der Waals surface area contributed by atoms with Crippen molar-refractivity contribution >= 4 is 11.4 Å². The average Bonchev–Trinajstić information content (AvgIpc) is 3.09. The van der Waals surface area contributed by atoms with Crippen molar-refractivity contribution in [1.82, 2.24) is 4.98 Å². The summed E-state index contributed by atoms with van der Waals surface area (Å²) in [5.74, 6) is 0. The summed E-state index contributed by atoms with van der Waals surface area (Å²) in [7, 11) is 0. The van der Waals surface area contributed by atoms with Crippen LogP contribution in [0.15, 0.2) is 84.1 Å². The lowest BCUT2D eigenvalue weighted by Gasteiger charge is -2.24. The van der Waals surface area contributed by atoms with Crippen LogP contribution in [-0.2, 0) is 0 Å². The molecule has 0 saturated heterocycles. The number of hydrazone groups is 1. The molecule has 0 spiro atoms. The number of benzene rings is 2. The first-order chi connectivity index (χ1) is 11.8. The van der Waals surface area contributed by atoms with Gasteiger partial charge >= 0.3 is 0 Å². The van der Waals surface area contributed by atoms with Gasteiger partial charge in [0.1, 0.15) is 0 Å². The van der Waals surface area contributed by atoms with E-state index in [-0.39, 0.29) is 6.04 Å². The van der Waals surface area contributed by atoms with E-state index in [0.29, 0.717) is 0 Å². The minimum Gasteiger partial charge on any atom is -0.257 e. The normalized spacial score (nSPS) is 17.0. The molecule has 0 N–H and O–H groups in total. The van der Waals surface area contributed by atoms with Gasteiger partial charge in [-0.15, -0.1) is 0 Å². The Hall–Kier alpha value is -2.94. The van der Waals surface area contributed by atoms with Crippen LogP contribution in [0, 0.1) is 6.92 Å². The second-order valence-corrected chi connectivity index (χ2v) is 6.07. The van der Waals surface area contributed by atoms with Crippen LogP contribution < -0.4 is 5.01 Å². The van der Waals surface area contributed by atoms with Gasteiger partial charge in [0, 0.05) is 12.6 Å². The van der Waals surface area contributed by atoms with Crippen LogP contribution in [0.2, 0.25) is 0 Å². The number of aryl methyl sites for hydroxylation is 1. The third kappa shape index (κ3) is 2.81. The summed E-state index contributed by atoms with van der Waals surface area (Å²) >= 11 is 0. The van der Waals surface area contributed by atoms with Crippen LogP contribution in [-0.4, -0.2) is 10.7 Å². The van der Waals surface area contributed by atoms with Gasteiger partial charge in [-0.25, -0.2) is 0 Å². The molecule has 3 heteroatoms. The van der Waals surface area contributed by atoms with Crippen molar-refractivity contribution in [2.45, 2.75) is 19.4 Å². The summed E-state index contributed by atoms with van der Waals surface area (Å²) in [6.45, 7) is 2.10. The Morgan fingerprint density at radius 3 is 2.33 bits per heavy atom. The molecule has 0 saturated carbocycles. The zero-order valence-corrected chi connectivity index (χ0v) is 13.6. The Morgan fingerprint density at radius 2 is 1.62 bits per heavy atom. The Balaban J connectivity index is 1.75. The third-order valence-corrected chi connectivity index (χ3v) is 4.35. The van der Waals surface area contributed by atoms with Gasteiger partial charge in [-0.1, -0.05) is 54.1 Å². The fourth-order valence-corrected chi connectivity index (χ4v) is 3.07. The molecule has 1 aromatic heterocycles. The number of aromatic nitrogens is 1. The molecule has 0 fully saturated rings. The molecule has 4 rings (SSSR count). The highest BCUT2D eigenvalue weighted by Crippen LogP contribution is 2.36. The molecule has 3 aromatic rings. The first-order valence-electron chi connectivity index (χ1n) is 8.21. The summed E-state index contributed by atoms with van der Waals surface area (Å²) in [6, 6.07) is 25.3. The summed E-state index contributed by atoms with van der Waals surface area (Å²) in [6.07, 6.45) is 2.68. The van der Waals surface area contributed by atoms with Gasteiger partial charge in [0.05, 0.1) is 23.1 Å². The largest absolute Gasteiger partial charge is 0.257 e. The minimum atomic E-state index is 0.200. The van der Waals surface area contributed by atoms with Gasteiger partial charge in [0.2, 0.25) is 0 Å². The van der Waals surface area contributed by atoms with Crippen LogP contribution >= 0.6 is 0 Å². The minimum absolute atomic E-state index is 0.200. The maximum atomic E-state index is 4.90. The molecule has 0 aliphatic carbocycles. The van der Waals surface area contributed by atoms with E-state index in [9.17, 15) is 0 Å². The maximum Gasteiger partial charge on any atom is 0.0890 e. The van der Waals surface area contributed by atoms with Crippen LogP contribution in [0.3, 0.4) is 0 Å². The molecule has 1 unspecified atom stereocenters. The Labute approximate surface area is 142 Å². The van der Waals surface area contributed by atoms with Gasteiger partial charge in [-0.3, -0.25) is 9.99 Å². The van der Waals surface area contributed by atoms with Gasteiger partial charge in [0.25, 0.3) is 0 Å². The molecule has 2 heterocycles.